The molecule has 0 saturated heterocycles. The summed E-state index contributed by atoms with van der Waals surface area (Å²) in [5.41, 5.74) is -1.24. The highest BCUT2D eigenvalue weighted by atomic mass is 32.2. The number of thioether (sulfide) groups is 1. The summed E-state index contributed by atoms with van der Waals surface area (Å²) in [5, 5.41) is 10.9. The summed E-state index contributed by atoms with van der Waals surface area (Å²) >= 11 is 1.22. The van der Waals surface area contributed by atoms with E-state index in [1.807, 2.05) is 0 Å². The molecular weight excluding hydrogens is 461 g/mol. The molecule has 0 atom stereocenters. The highest BCUT2D eigenvalue weighted by molar-refractivity contribution is 7.98. The molecule has 0 spiro atoms. The fourth-order valence-electron chi connectivity index (χ4n) is 2.44. The number of ether oxygens (including phenoxy) is 1. The van der Waals surface area contributed by atoms with Crippen molar-refractivity contribution in [3.8, 4) is 23.0 Å². The topological polar surface area (TPSA) is 117 Å². The maximum absolute atomic E-state index is 13.1. The summed E-state index contributed by atoms with van der Waals surface area (Å²) in [4.78, 5) is 11.9. The van der Waals surface area contributed by atoms with Crippen molar-refractivity contribution in [2.45, 2.75) is 17.6 Å². The minimum absolute atomic E-state index is 0.00527. The van der Waals surface area contributed by atoms with E-state index in [0.717, 1.165) is 10.9 Å². The van der Waals surface area contributed by atoms with Crippen LogP contribution in [0.15, 0.2) is 39.6 Å². The largest absolute Gasteiger partial charge is 0.453 e. The van der Waals surface area contributed by atoms with Crippen molar-refractivity contribution in [2.24, 2.45) is 0 Å². The third-order valence-corrected chi connectivity index (χ3v) is 5.30. The second-order valence-electron chi connectivity index (χ2n) is 6.21. The molecule has 0 fully saturated rings. The number of esters is 1. The Hall–Kier alpha value is -2.87. The van der Waals surface area contributed by atoms with Gasteiger partial charge in [0.15, 0.2) is 15.5 Å². The molecule has 0 aliphatic carbocycles. The number of nitrogens with zero attached hydrogens (tertiary/aromatic N) is 4. The summed E-state index contributed by atoms with van der Waals surface area (Å²) in [6.07, 6.45) is -2.05. The molecule has 1 aromatic carbocycles. The van der Waals surface area contributed by atoms with Crippen LogP contribution in [-0.4, -0.2) is 52.8 Å². The van der Waals surface area contributed by atoms with E-state index in [0.29, 0.717) is 6.07 Å². The summed E-state index contributed by atoms with van der Waals surface area (Å²) in [5.74, 6) is -1.22. The highest BCUT2D eigenvalue weighted by Crippen LogP contribution is 2.32. The maximum atomic E-state index is 13.1. The number of sulfone groups is 1. The van der Waals surface area contributed by atoms with Gasteiger partial charge < -0.3 is 9.15 Å². The van der Waals surface area contributed by atoms with Gasteiger partial charge in [0, 0.05) is 17.9 Å². The zero-order valence-corrected chi connectivity index (χ0v) is 17.7. The summed E-state index contributed by atoms with van der Waals surface area (Å²) in [6, 6.07) is 6.31. The second-order valence-corrected chi connectivity index (χ2v) is 9.03. The van der Waals surface area contributed by atoms with Gasteiger partial charge in [0.05, 0.1) is 4.90 Å². The Labute approximate surface area is 178 Å². The lowest BCUT2D eigenvalue weighted by molar-refractivity contribution is -0.144. The van der Waals surface area contributed by atoms with Crippen molar-refractivity contribution in [2.75, 3.05) is 18.5 Å². The van der Waals surface area contributed by atoms with Crippen molar-refractivity contribution in [1.82, 2.24) is 20.0 Å². The lowest BCUT2D eigenvalue weighted by Crippen LogP contribution is -2.16. The molecule has 9 nitrogen and oxygen atoms in total. The average Bonchev–Trinajstić information content (AvgIpc) is 3.32. The molecule has 2 heterocycles. The van der Waals surface area contributed by atoms with Crippen LogP contribution in [0.5, 0.6) is 0 Å². The number of benzene rings is 1. The first-order valence-electron chi connectivity index (χ1n) is 8.43. The predicted octanol–water partition coefficient (Wildman–Crippen LogP) is 2.89. The molecule has 2 aromatic heterocycles. The van der Waals surface area contributed by atoms with E-state index in [9.17, 15) is 26.4 Å². The maximum Gasteiger partial charge on any atom is 0.435 e. The molecule has 31 heavy (non-hydrogen) atoms. The number of halogens is 3. The Morgan fingerprint density at radius 2 is 1.94 bits per heavy atom. The van der Waals surface area contributed by atoms with Gasteiger partial charge in [-0.25, -0.2) is 13.1 Å². The molecular formula is C17H15F3N4O5S2. The van der Waals surface area contributed by atoms with Crippen LogP contribution in [0.3, 0.4) is 0 Å². The smallest absolute Gasteiger partial charge is 0.435 e. The number of aromatic nitrogens is 4. The summed E-state index contributed by atoms with van der Waals surface area (Å²) < 4.78 is 74.0. The van der Waals surface area contributed by atoms with E-state index in [-0.39, 0.29) is 33.9 Å². The predicted molar refractivity (Wildman–Crippen MR) is 104 cm³/mol. The zero-order chi connectivity index (χ0) is 22.8. The molecule has 166 valence electrons. The van der Waals surface area contributed by atoms with Gasteiger partial charge in [0.25, 0.3) is 5.89 Å². The Bertz CT molecular complexity index is 1200. The summed E-state index contributed by atoms with van der Waals surface area (Å²) in [7, 11) is -3.50. The minimum Gasteiger partial charge on any atom is -0.453 e. The zero-order valence-electron chi connectivity index (χ0n) is 16.1. The average molecular weight is 476 g/mol. The van der Waals surface area contributed by atoms with Gasteiger partial charge in [0.2, 0.25) is 5.89 Å². The van der Waals surface area contributed by atoms with Gasteiger partial charge in [-0.2, -0.15) is 18.3 Å². The van der Waals surface area contributed by atoms with Gasteiger partial charge >= 0.3 is 12.1 Å². The van der Waals surface area contributed by atoms with Crippen LogP contribution in [0.1, 0.15) is 5.69 Å². The van der Waals surface area contributed by atoms with Crippen LogP contribution in [0.4, 0.5) is 13.2 Å². The van der Waals surface area contributed by atoms with Crippen LogP contribution in [0.25, 0.3) is 23.0 Å². The van der Waals surface area contributed by atoms with Gasteiger partial charge in [0.1, 0.15) is 18.2 Å². The van der Waals surface area contributed by atoms with E-state index >= 15 is 0 Å². The highest BCUT2D eigenvalue weighted by Gasteiger charge is 2.36. The van der Waals surface area contributed by atoms with Gasteiger partial charge in [-0.15, -0.1) is 22.0 Å². The number of carbonyl (C=O) groups excluding carboxylic acids is 1. The number of alkyl halides is 3. The minimum atomic E-state index is -4.77. The first-order chi connectivity index (χ1) is 14.5. The summed E-state index contributed by atoms with van der Waals surface area (Å²) in [6.45, 7) is -0.604. The Morgan fingerprint density at radius 1 is 1.23 bits per heavy atom. The Balaban J connectivity index is 1.99. The molecule has 0 N–H and O–H groups in total. The third-order valence-electron chi connectivity index (χ3n) is 3.84. The molecule has 0 radical (unpaired) electrons. The molecule has 0 saturated carbocycles. The molecule has 0 amide bonds. The lowest BCUT2D eigenvalue weighted by atomic mass is 10.2. The third kappa shape index (κ3) is 5.44. The van der Waals surface area contributed by atoms with Crippen LogP contribution < -0.4 is 0 Å². The van der Waals surface area contributed by atoms with Crippen molar-refractivity contribution < 1.29 is 35.5 Å². The van der Waals surface area contributed by atoms with E-state index in [2.05, 4.69) is 15.3 Å². The van der Waals surface area contributed by atoms with Crippen LogP contribution >= 0.6 is 11.8 Å². The number of hydrogen-bond donors (Lipinski definition) is 0. The molecule has 14 heteroatoms. The standard InChI is InChI=1S/C17H15F3N4O5S2/c1-30-9-28-14(25)8-24-12(7-13(23-24)17(18,19)20)16-22-21-15(29-16)10-4-3-5-11(6-10)31(2,26)27/h3-7H,8-9H2,1-2H3. The monoisotopic (exact) mass is 476 g/mol. The van der Waals surface area contributed by atoms with Gasteiger partial charge in [-0.05, 0) is 24.5 Å². The number of carbonyl (C=O) groups is 1. The molecule has 0 unspecified atom stereocenters. The normalized spacial score (nSPS) is 12.2. The van der Waals surface area contributed by atoms with E-state index in [1.165, 1.54) is 36.0 Å². The van der Waals surface area contributed by atoms with E-state index < -0.39 is 34.2 Å². The van der Waals surface area contributed by atoms with Gasteiger partial charge in [-0.3, -0.25) is 4.79 Å². The van der Waals surface area contributed by atoms with Crippen LogP contribution in [-0.2, 0) is 32.1 Å². The number of rotatable bonds is 7. The SMILES string of the molecule is CSCOC(=O)Cn1nc(C(F)(F)F)cc1-c1nnc(-c2cccc(S(C)(=O)=O)c2)o1. The fourth-order valence-corrected chi connectivity index (χ4v) is 3.36. The van der Waals surface area contributed by atoms with Crippen LogP contribution in [0, 0.1) is 0 Å². The molecule has 0 bridgehead atoms. The first-order valence-corrected chi connectivity index (χ1v) is 11.7. The fraction of sp³-hybridized carbons (Fsp3) is 0.294. The van der Waals surface area contributed by atoms with Gasteiger partial charge in [-0.1, -0.05) is 6.07 Å². The molecule has 3 rings (SSSR count). The molecule has 0 aliphatic rings. The Kier molecular flexibility index (Phi) is 6.40. The number of hydrogen-bond acceptors (Lipinski definition) is 9. The second kappa shape index (κ2) is 8.70. The molecule has 3 aromatic rings. The van der Waals surface area contributed by atoms with Crippen molar-refractivity contribution in [1.29, 1.82) is 0 Å². The first kappa shape index (κ1) is 22.8. The van der Waals surface area contributed by atoms with Crippen molar-refractivity contribution in [3.63, 3.8) is 0 Å². The quantitative estimate of drug-likeness (QED) is 0.375. The van der Waals surface area contributed by atoms with E-state index in [4.69, 9.17) is 9.15 Å². The van der Waals surface area contributed by atoms with Crippen molar-refractivity contribution in [3.05, 3.63) is 36.0 Å². The lowest BCUT2D eigenvalue weighted by Gasteiger charge is -2.05. The Morgan fingerprint density at radius 3 is 2.58 bits per heavy atom. The van der Waals surface area contributed by atoms with E-state index in [1.54, 1.807) is 6.26 Å². The van der Waals surface area contributed by atoms with Crippen LogP contribution in [0.2, 0.25) is 0 Å². The molecule has 0 aliphatic heterocycles. The van der Waals surface area contributed by atoms with Crippen molar-refractivity contribution >= 4 is 27.6 Å².